The second-order valence-electron chi connectivity index (χ2n) is 2.00. The van der Waals surface area contributed by atoms with Crippen LogP contribution < -0.4 is 5.32 Å². The molecule has 1 unspecified atom stereocenters. The van der Waals surface area contributed by atoms with Gasteiger partial charge in [0.1, 0.15) is 6.10 Å². The third kappa shape index (κ3) is 1.54. The van der Waals surface area contributed by atoms with Crippen LogP contribution in [-0.4, -0.2) is 25.5 Å². The van der Waals surface area contributed by atoms with Crippen molar-refractivity contribution >= 4 is 6.21 Å². The first-order valence-corrected chi connectivity index (χ1v) is 2.87. The average molecular weight is 126 g/mol. The number of rotatable bonds is 1. The molecule has 0 bridgehead atoms. The standard InChI is InChI=1S/C6H10N2O/c1-5-4-9-6(2-7)3-8-5/h2,6-8H,1,3-4H2. The fourth-order valence-electron chi connectivity index (χ4n) is 0.670. The molecule has 0 aromatic heterocycles. The monoisotopic (exact) mass is 126 g/mol. The van der Waals surface area contributed by atoms with Crippen LogP contribution in [-0.2, 0) is 4.74 Å². The van der Waals surface area contributed by atoms with Gasteiger partial charge in [-0.3, -0.25) is 0 Å². The zero-order chi connectivity index (χ0) is 6.69. The smallest absolute Gasteiger partial charge is 0.110 e. The van der Waals surface area contributed by atoms with E-state index in [-0.39, 0.29) is 6.10 Å². The van der Waals surface area contributed by atoms with Gasteiger partial charge in [-0.2, -0.15) is 0 Å². The molecule has 1 aliphatic rings. The van der Waals surface area contributed by atoms with Crippen molar-refractivity contribution in [3.8, 4) is 0 Å². The topological polar surface area (TPSA) is 45.1 Å². The van der Waals surface area contributed by atoms with E-state index in [0.717, 1.165) is 5.70 Å². The van der Waals surface area contributed by atoms with Crippen LogP contribution in [0.5, 0.6) is 0 Å². The van der Waals surface area contributed by atoms with E-state index < -0.39 is 0 Å². The van der Waals surface area contributed by atoms with E-state index in [1.165, 1.54) is 6.21 Å². The minimum atomic E-state index is -0.0597. The summed E-state index contributed by atoms with van der Waals surface area (Å²) in [6.07, 6.45) is 1.23. The zero-order valence-electron chi connectivity index (χ0n) is 5.18. The van der Waals surface area contributed by atoms with E-state index in [4.69, 9.17) is 10.1 Å². The molecule has 1 rings (SSSR count). The second-order valence-corrected chi connectivity index (χ2v) is 2.00. The van der Waals surface area contributed by atoms with E-state index in [2.05, 4.69) is 11.9 Å². The summed E-state index contributed by atoms with van der Waals surface area (Å²) in [6.45, 7) is 4.88. The Kier molecular flexibility index (Phi) is 1.85. The molecule has 0 amide bonds. The molecule has 1 fully saturated rings. The molecule has 50 valence electrons. The first-order chi connectivity index (χ1) is 4.33. The van der Waals surface area contributed by atoms with E-state index in [0.29, 0.717) is 13.2 Å². The third-order valence-electron chi connectivity index (χ3n) is 1.21. The van der Waals surface area contributed by atoms with Gasteiger partial charge in [0.05, 0.1) is 6.61 Å². The number of nitrogens with one attached hydrogen (secondary N) is 2. The van der Waals surface area contributed by atoms with Gasteiger partial charge in [-0.05, 0) is 0 Å². The molecule has 9 heavy (non-hydrogen) atoms. The number of hydrogen-bond donors (Lipinski definition) is 2. The molecule has 3 heteroatoms. The Morgan fingerprint density at radius 1 is 1.89 bits per heavy atom. The van der Waals surface area contributed by atoms with E-state index in [9.17, 15) is 0 Å². The highest BCUT2D eigenvalue weighted by molar-refractivity contribution is 5.59. The Labute approximate surface area is 54.2 Å². The molecular formula is C6H10N2O. The lowest BCUT2D eigenvalue weighted by Gasteiger charge is -2.22. The van der Waals surface area contributed by atoms with Crippen molar-refractivity contribution in [3.63, 3.8) is 0 Å². The summed E-state index contributed by atoms with van der Waals surface area (Å²) in [4.78, 5) is 0. The molecule has 0 aromatic rings. The maximum Gasteiger partial charge on any atom is 0.110 e. The first kappa shape index (κ1) is 6.29. The largest absolute Gasteiger partial charge is 0.384 e. The van der Waals surface area contributed by atoms with Gasteiger partial charge in [0.2, 0.25) is 0 Å². The van der Waals surface area contributed by atoms with Crippen molar-refractivity contribution in [1.82, 2.24) is 5.32 Å². The molecule has 1 atom stereocenters. The highest BCUT2D eigenvalue weighted by Gasteiger charge is 2.10. The van der Waals surface area contributed by atoms with Crippen molar-refractivity contribution in [1.29, 1.82) is 5.41 Å². The van der Waals surface area contributed by atoms with Crippen LogP contribution >= 0.6 is 0 Å². The van der Waals surface area contributed by atoms with Gasteiger partial charge >= 0.3 is 0 Å². The van der Waals surface area contributed by atoms with Gasteiger partial charge < -0.3 is 15.5 Å². The Balaban J connectivity index is 2.34. The number of hydrogen-bond acceptors (Lipinski definition) is 3. The summed E-state index contributed by atoms with van der Waals surface area (Å²) in [7, 11) is 0. The molecule has 1 aliphatic heterocycles. The van der Waals surface area contributed by atoms with E-state index >= 15 is 0 Å². The summed E-state index contributed by atoms with van der Waals surface area (Å²) < 4.78 is 5.13. The quantitative estimate of drug-likeness (QED) is 0.491. The van der Waals surface area contributed by atoms with Crippen LogP contribution in [0.1, 0.15) is 0 Å². The van der Waals surface area contributed by atoms with Gasteiger partial charge in [-0.1, -0.05) is 6.58 Å². The van der Waals surface area contributed by atoms with Gasteiger partial charge in [-0.15, -0.1) is 0 Å². The predicted octanol–water partition coefficient (Wildman–Crippen LogP) is 0.138. The molecule has 0 spiro atoms. The summed E-state index contributed by atoms with van der Waals surface area (Å²) in [5.74, 6) is 0. The molecule has 3 nitrogen and oxygen atoms in total. The molecule has 0 saturated carbocycles. The summed E-state index contributed by atoms with van der Waals surface area (Å²) >= 11 is 0. The highest BCUT2D eigenvalue weighted by atomic mass is 16.5. The molecule has 2 N–H and O–H groups in total. The number of morpholine rings is 1. The summed E-state index contributed by atoms with van der Waals surface area (Å²) in [6, 6.07) is 0. The van der Waals surface area contributed by atoms with Crippen molar-refractivity contribution in [2.75, 3.05) is 13.2 Å². The van der Waals surface area contributed by atoms with Gasteiger partial charge in [0.25, 0.3) is 0 Å². The molecule has 0 radical (unpaired) electrons. The summed E-state index contributed by atoms with van der Waals surface area (Å²) in [5.41, 5.74) is 0.896. The SMILES string of the molecule is C=C1COC(C=N)CN1. The van der Waals surface area contributed by atoms with E-state index in [1.807, 2.05) is 0 Å². The fraction of sp³-hybridized carbons (Fsp3) is 0.500. The van der Waals surface area contributed by atoms with Crippen LogP contribution in [0.25, 0.3) is 0 Å². The lowest BCUT2D eigenvalue weighted by Crippen LogP contribution is -2.37. The maximum absolute atomic E-state index is 6.84. The maximum atomic E-state index is 6.84. The van der Waals surface area contributed by atoms with Crippen LogP contribution in [0.4, 0.5) is 0 Å². The van der Waals surface area contributed by atoms with Gasteiger partial charge in [0.15, 0.2) is 0 Å². The zero-order valence-corrected chi connectivity index (χ0v) is 5.18. The normalized spacial score (nSPS) is 27.1. The lowest BCUT2D eigenvalue weighted by atomic mass is 10.3. The van der Waals surface area contributed by atoms with Crippen molar-refractivity contribution in [2.45, 2.75) is 6.10 Å². The predicted molar refractivity (Wildman–Crippen MR) is 35.7 cm³/mol. The van der Waals surface area contributed by atoms with E-state index in [1.54, 1.807) is 0 Å². The van der Waals surface area contributed by atoms with Crippen LogP contribution in [0.3, 0.4) is 0 Å². The first-order valence-electron chi connectivity index (χ1n) is 2.87. The average Bonchev–Trinajstić information content (AvgIpc) is 1.90. The molecule has 1 heterocycles. The van der Waals surface area contributed by atoms with Crippen molar-refractivity contribution in [3.05, 3.63) is 12.3 Å². The van der Waals surface area contributed by atoms with Crippen LogP contribution in [0, 0.1) is 5.41 Å². The molecule has 0 aliphatic carbocycles. The summed E-state index contributed by atoms with van der Waals surface area (Å²) in [5, 5.41) is 9.86. The molecule has 1 saturated heterocycles. The fourth-order valence-corrected chi connectivity index (χ4v) is 0.670. The Hall–Kier alpha value is -0.830. The van der Waals surface area contributed by atoms with Gasteiger partial charge in [-0.25, -0.2) is 0 Å². The minimum absolute atomic E-state index is 0.0597. The Morgan fingerprint density at radius 2 is 2.67 bits per heavy atom. The van der Waals surface area contributed by atoms with Crippen LogP contribution in [0.15, 0.2) is 12.3 Å². The highest BCUT2D eigenvalue weighted by Crippen LogP contribution is 1.98. The van der Waals surface area contributed by atoms with Crippen molar-refractivity contribution in [2.24, 2.45) is 0 Å². The Morgan fingerprint density at radius 3 is 3.11 bits per heavy atom. The molecule has 0 aromatic carbocycles. The third-order valence-corrected chi connectivity index (χ3v) is 1.21. The van der Waals surface area contributed by atoms with Crippen molar-refractivity contribution < 1.29 is 4.74 Å². The lowest BCUT2D eigenvalue weighted by molar-refractivity contribution is 0.0950. The number of ether oxygens (including phenoxy) is 1. The second kappa shape index (κ2) is 2.64. The molecular weight excluding hydrogens is 116 g/mol. The van der Waals surface area contributed by atoms with Crippen LogP contribution in [0.2, 0.25) is 0 Å². The minimum Gasteiger partial charge on any atom is -0.384 e. The Bertz CT molecular complexity index is 123. The van der Waals surface area contributed by atoms with Gasteiger partial charge in [0, 0.05) is 18.5 Å².